The van der Waals surface area contributed by atoms with E-state index in [1.54, 1.807) is 30.0 Å². The predicted molar refractivity (Wildman–Crippen MR) is 81.7 cm³/mol. The number of amides is 1. The summed E-state index contributed by atoms with van der Waals surface area (Å²) < 4.78 is 0. The first-order chi connectivity index (χ1) is 8.92. The van der Waals surface area contributed by atoms with Crippen LogP contribution < -0.4 is 5.32 Å². The van der Waals surface area contributed by atoms with Gasteiger partial charge in [0.1, 0.15) is 5.25 Å². The second kappa shape index (κ2) is 5.85. The number of aryl methyl sites for hydroxylation is 1. The zero-order valence-electron chi connectivity index (χ0n) is 11.6. The highest BCUT2D eigenvalue weighted by Gasteiger charge is 2.30. The molecule has 2 heterocycles. The lowest BCUT2D eigenvalue weighted by atomic mass is 9.92. The lowest BCUT2D eigenvalue weighted by Gasteiger charge is -2.29. The van der Waals surface area contributed by atoms with Crippen molar-refractivity contribution in [2.75, 3.05) is 12.3 Å². The molecule has 1 aliphatic rings. The molecule has 19 heavy (non-hydrogen) atoms. The van der Waals surface area contributed by atoms with Gasteiger partial charge in [0.15, 0.2) is 0 Å². The Kier molecular flexibility index (Phi) is 4.58. The molecule has 2 rings (SSSR count). The maximum absolute atomic E-state index is 12.3. The fourth-order valence-corrected chi connectivity index (χ4v) is 4.24. The molecule has 0 bridgehead atoms. The van der Waals surface area contributed by atoms with Crippen molar-refractivity contribution in [1.29, 1.82) is 0 Å². The van der Waals surface area contributed by atoms with Gasteiger partial charge in [-0.15, -0.1) is 23.1 Å². The van der Waals surface area contributed by atoms with E-state index in [9.17, 15) is 9.90 Å². The molecule has 2 atom stereocenters. The van der Waals surface area contributed by atoms with Gasteiger partial charge < -0.3 is 10.4 Å². The highest BCUT2D eigenvalue weighted by atomic mass is 32.2. The van der Waals surface area contributed by atoms with Crippen molar-refractivity contribution in [3.8, 4) is 0 Å². The van der Waals surface area contributed by atoms with E-state index in [0.29, 0.717) is 6.54 Å². The zero-order chi connectivity index (χ0) is 14.0. The summed E-state index contributed by atoms with van der Waals surface area (Å²) >= 11 is 3.42. The molecule has 0 radical (unpaired) electrons. The average molecular weight is 299 g/mol. The van der Waals surface area contributed by atoms with Gasteiger partial charge in [-0.1, -0.05) is 13.8 Å². The Bertz CT molecular complexity index is 454. The summed E-state index contributed by atoms with van der Waals surface area (Å²) in [5.41, 5.74) is 0.301. The molecule has 1 aliphatic heterocycles. The van der Waals surface area contributed by atoms with Crippen molar-refractivity contribution in [3.05, 3.63) is 21.9 Å². The van der Waals surface area contributed by atoms with Crippen LogP contribution in [0.3, 0.4) is 0 Å². The number of nitrogens with one attached hydrogen (secondary N) is 1. The first-order valence-corrected chi connectivity index (χ1v) is 8.52. The molecule has 0 fully saturated rings. The number of thiophene rings is 1. The second-order valence-corrected chi connectivity index (χ2v) is 7.74. The SMILES string of the molecule is CC(C)C(C)(O)CNC(=O)C1SCCc2sccc21. The Labute approximate surface area is 122 Å². The maximum atomic E-state index is 12.3. The molecular formula is C14H21NO2S2. The summed E-state index contributed by atoms with van der Waals surface area (Å²) in [7, 11) is 0. The topological polar surface area (TPSA) is 49.3 Å². The normalized spacial score (nSPS) is 21.8. The number of carbonyl (C=O) groups excluding carboxylic acids is 1. The van der Waals surface area contributed by atoms with Gasteiger partial charge in [0.2, 0.25) is 5.91 Å². The van der Waals surface area contributed by atoms with Crippen LogP contribution in [0.2, 0.25) is 0 Å². The van der Waals surface area contributed by atoms with Gasteiger partial charge in [0.05, 0.1) is 5.60 Å². The molecule has 1 aromatic rings. The van der Waals surface area contributed by atoms with Crippen molar-refractivity contribution in [2.45, 2.75) is 38.0 Å². The maximum Gasteiger partial charge on any atom is 0.237 e. The molecule has 0 aromatic carbocycles. The van der Waals surface area contributed by atoms with Crippen LogP contribution in [0.1, 0.15) is 36.5 Å². The third kappa shape index (κ3) is 3.33. The van der Waals surface area contributed by atoms with E-state index in [4.69, 9.17) is 0 Å². The summed E-state index contributed by atoms with van der Waals surface area (Å²) in [6.07, 6.45) is 1.06. The highest BCUT2D eigenvalue weighted by Crippen LogP contribution is 2.39. The third-order valence-electron chi connectivity index (χ3n) is 3.78. The van der Waals surface area contributed by atoms with Crippen LogP contribution in [0.4, 0.5) is 0 Å². The van der Waals surface area contributed by atoms with E-state index in [1.165, 1.54) is 4.88 Å². The summed E-state index contributed by atoms with van der Waals surface area (Å²) in [4.78, 5) is 13.6. The quantitative estimate of drug-likeness (QED) is 0.898. The van der Waals surface area contributed by atoms with Crippen molar-refractivity contribution in [2.24, 2.45) is 5.92 Å². The molecule has 1 aromatic heterocycles. The molecule has 2 unspecified atom stereocenters. The molecular weight excluding hydrogens is 278 g/mol. The van der Waals surface area contributed by atoms with E-state index < -0.39 is 5.60 Å². The van der Waals surface area contributed by atoms with E-state index in [0.717, 1.165) is 17.7 Å². The molecule has 106 valence electrons. The Morgan fingerprint density at radius 3 is 3.05 bits per heavy atom. The Morgan fingerprint density at radius 1 is 1.63 bits per heavy atom. The van der Waals surface area contributed by atoms with E-state index >= 15 is 0 Å². The van der Waals surface area contributed by atoms with Crippen molar-refractivity contribution in [1.82, 2.24) is 5.32 Å². The molecule has 3 nitrogen and oxygen atoms in total. The fourth-order valence-electron chi connectivity index (χ4n) is 1.93. The third-order valence-corrected chi connectivity index (χ3v) is 6.02. The Morgan fingerprint density at radius 2 is 2.37 bits per heavy atom. The number of aliphatic hydroxyl groups is 1. The summed E-state index contributed by atoms with van der Waals surface area (Å²) in [6.45, 7) is 5.99. The zero-order valence-corrected chi connectivity index (χ0v) is 13.2. The van der Waals surface area contributed by atoms with Gasteiger partial charge >= 0.3 is 0 Å². The monoisotopic (exact) mass is 299 g/mol. The lowest BCUT2D eigenvalue weighted by molar-refractivity contribution is -0.122. The molecule has 0 saturated heterocycles. The van der Waals surface area contributed by atoms with Gasteiger partial charge in [-0.05, 0) is 42.0 Å². The van der Waals surface area contributed by atoms with Crippen LogP contribution >= 0.6 is 23.1 Å². The summed E-state index contributed by atoms with van der Waals surface area (Å²) in [5, 5.41) is 15.0. The largest absolute Gasteiger partial charge is 0.388 e. The number of hydrogen-bond acceptors (Lipinski definition) is 4. The Hall–Kier alpha value is -0.520. The average Bonchev–Trinajstić information content (AvgIpc) is 2.83. The number of fused-ring (bicyclic) bond motifs is 1. The number of thioether (sulfide) groups is 1. The lowest BCUT2D eigenvalue weighted by Crippen LogP contribution is -2.45. The van der Waals surface area contributed by atoms with Crippen molar-refractivity contribution in [3.63, 3.8) is 0 Å². The summed E-state index contributed by atoms with van der Waals surface area (Å²) in [5.74, 6) is 1.13. The summed E-state index contributed by atoms with van der Waals surface area (Å²) in [6, 6.07) is 2.05. The molecule has 2 N–H and O–H groups in total. The predicted octanol–water partition coefficient (Wildman–Crippen LogP) is 2.60. The first-order valence-electron chi connectivity index (χ1n) is 6.60. The number of carbonyl (C=O) groups is 1. The molecule has 0 saturated carbocycles. The molecule has 0 aliphatic carbocycles. The molecule has 5 heteroatoms. The van der Waals surface area contributed by atoms with Crippen LogP contribution in [0.15, 0.2) is 11.4 Å². The van der Waals surface area contributed by atoms with Crippen LogP contribution in [-0.4, -0.2) is 28.9 Å². The van der Waals surface area contributed by atoms with Crippen LogP contribution in [-0.2, 0) is 11.2 Å². The van der Waals surface area contributed by atoms with Gasteiger partial charge in [-0.25, -0.2) is 0 Å². The van der Waals surface area contributed by atoms with Gasteiger partial charge in [-0.3, -0.25) is 4.79 Å². The van der Waals surface area contributed by atoms with Crippen LogP contribution in [0, 0.1) is 5.92 Å². The molecule has 0 spiro atoms. The van der Waals surface area contributed by atoms with Gasteiger partial charge in [0.25, 0.3) is 0 Å². The van der Waals surface area contributed by atoms with Gasteiger partial charge in [-0.2, -0.15) is 0 Å². The number of rotatable bonds is 4. The fraction of sp³-hybridized carbons (Fsp3) is 0.643. The van der Waals surface area contributed by atoms with E-state index in [1.807, 2.05) is 13.8 Å². The Balaban J connectivity index is 1.99. The van der Waals surface area contributed by atoms with Gasteiger partial charge in [0, 0.05) is 11.4 Å². The minimum Gasteiger partial charge on any atom is -0.388 e. The highest BCUT2D eigenvalue weighted by molar-refractivity contribution is 8.00. The molecule has 1 amide bonds. The van der Waals surface area contributed by atoms with Crippen molar-refractivity contribution < 1.29 is 9.90 Å². The van der Waals surface area contributed by atoms with Crippen LogP contribution in [0.5, 0.6) is 0 Å². The number of hydrogen-bond donors (Lipinski definition) is 2. The minimum atomic E-state index is -0.855. The standard InChI is InChI=1S/C14H21NO2S2/c1-9(2)14(3,17)8-15-13(16)12-10-4-6-18-11(10)5-7-19-12/h4,6,9,12,17H,5,7-8H2,1-3H3,(H,15,16). The minimum absolute atomic E-state index is 0.0188. The smallest absolute Gasteiger partial charge is 0.237 e. The van der Waals surface area contributed by atoms with E-state index in [2.05, 4.69) is 16.8 Å². The van der Waals surface area contributed by atoms with Crippen LogP contribution in [0.25, 0.3) is 0 Å². The van der Waals surface area contributed by atoms with E-state index in [-0.39, 0.29) is 17.1 Å². The second-order valence-electron chi connectivity index (χ2n) is 5.53. The first kappa shape index (κ1) is 14.9. The van der Waals surface area contributed by atoms with Crippen molar-refractivity contribution >= 4 is 29.0 Å².